The minimum absolute atomic E-state index is 0.117. The second kappa shape index (κ2) is 2.74. The van der Waals surface area contributed by atoms with Gasteiger partial charge in [-0.15, -0.1) is 0 Å². The van der Waals surface area contributed by atoms with E-state index in [9.17, 15) is 8.42 Å². The van der Waals surface area contributed by atoms with Crippen LogP contribution in [0.4, 0.5) is 0 Å². The van der Waals surface area contributed by atoms with Gasteiger partial charge in [0.2, 0.25) is 0 Å². The molecule has 68 valence electrons. The van der Waals surface area contributed by atoms with Crippen LogP contribution in [-0.2, 0) is 16.1 Å². The average molecular weight is 209 g/mol. The van der Waals surface area contributed by atoms with Crippen LogP contribution < -0.4 is 0 Å². The zero-order valence-corrected chi connectivity index (χ0v) is 8.57. The molecule has 0 amide bonds. The Bertz CT molecular complexity index is 407. The number of halogens is 1. The number of rotatable bonds is 1. The number of hydrogen-bond donors (Lipinski definition) is 0. The fourth-order valence-electron chi connectivity index (χ4n) is 1.11. The van der Waals surface area contributed by atoms with E-state index in [2.05, 4.69) is 5.10 Å². The van der Waals surface area contributed by atoms with Gasteiger partial charge in [-0.05, 0) is 13.8 Å². The van der Waals surface area contributed by atoms with Crippen LogP contribution in [0.15, 0.2) is 4.90 Å². The van der Waals surface area contributed by atoms with E-state index in [0.29, 0.717) is 11.4 Å². The molecule has 1 aromatic rings. The van der Waals surface area contributed by atoms with Crippen LogP contribution in [-0.4, -0.2) is 18.2 Å². The van der Waals surface area contributed by atoms with E-state index in [4.69, 9.17) is 10.7 Å². The molecular formula is C6H9ClN2O2S. The highest BCUT2D eigenvalue weighted by molar-refractivity contribution is 8.13. The summed E-state index contributed by atoms with van der Waals surface area (Å²) < 4.78 is 23.5. The minimum atomic E-state index is -3.65. The van der Waals surface area contributed by atoms with Gasteiger partial charge in [0.15, 0.2) is 0 Å². The molecule has 0 unspecified atom stereocenters. The molecule has 1 rings (SSSR count). The predicted octanol–water partition coefficient (Wildman–Crippen LogP) is 0.964. The van der Waals surface area contributed by atoms with Crippen molar-refractivity contribution < 1.29 is 8.42 Å². The molecule has 0 N–H and O–H groups in total. The van der Waals surface area contributed by atoms with Crippen LogP contribution >= 0.6 is 10.7 Å². The summed E-state index contributed by atoms with van der Waals surface area (Å²) in [6.45, 7) is 3.28. The van der Waals surface area contributed by atoms with Crippen molar-refractivity contribution in [3.05, 3.63) is 11.4 Å². The van der Waals surface area contributed by atoms with Gasteiger partial charge < -0.3 is 0 Å². The summed E-state index contributed by atoms with van der Waals surface area (Å²) in [7, 11) is 3.22. The zero-order chi connectivity index (χ0) is 9.52. The van der Waals surface area contributed by atoms with Gasteiger partial charge in [-0.1, -0.05) is 0 Å². The summed E-state index contributed by atoms with van der Waals surface area (Å²) in [6.07, 6.45) is 0. The van der Waals surface area contributed by atoms with E-state index < -0.39 is 9.05 Å². The molecule has 6 heteroatoms. The van der Waals surface area contributed by atoms with Crippen LogP contribution in [0.5, 0.6) is 0 Å². The lowest BCUT2D eigenvalue weighted by Gasteiger charge is -1.94. The molecule has 0 aromatic carbocycles. The molecular weight excluding hydrogens is 200 g/mol. The molecule has 0 atom stereocenters. The van der Waals surface area contributed by atoms with Crippen molar-refractivity contribution in [2.75, 3.05) is 0 Å². The lowest BCUT2D eigenvalue weighted by molar-refractivity contribution is 0.608. The molecule has 0 spiro atoms. The van der Waals surface area contributed by atoms with Gasteiger partial charge in [-0.3, -0.25) is 4.68 Å². The predicted molar refractivity (Wildman–Crippen MR) is 45.7 cm³/mol. The van der Waals surface area contributed by atoms with Crippen LogP contribution in [0.2, 0.25) is 0 Å². The Balaban J connectivity index is 3.54. The van der Waals surface area contributed by atoms with Gasteiger partial charge in [0.05, 0.1) is 11.4 Å². The van der Waals surface area contributed by atoms with Crippen molar-refractivity contribution >= 4 is 19.7 Å². The molecule has 0 aliphatic carbocycles. The van der Waals surface area contributed by atoms with Crippen LogP contribution in [0.3, 0.4) is 0 Å². The Kier molecular flexibility index (Phi) is 2.18. The first-order chi connectivity index (χ1) is 5.34. The Morgan fingerprint density at radius 1 is 1.42 bits per heavy atom. The molecule has 1 heterocycles. The maximum atomic E-state index is 11.0. The largest absolute Gasteiger partial charge is 0.271 e. The van der Waals surface area contributed by atoms with E-state index >= 15 is 0 Å². The number of aryl methyl sites for hydroxylation is 2. The maximum absolute atomic E-state index is 11.0. The summed E-state index contributed by atoms with van der Waals surface area (Å²) >= 11 is 0. The highest BCUT2D eigenvalue weighted by atomic mass is 35.7. The summed E-state index contributed by atoms with van der Waals surface area (Å²) in [5.41, 5.74) is 0.993. The standard InChI is InChI=1S/C6H9ClN2O2S/c1-4-6(12(7,10)11)5(2)9(3)8-4/h1-3H3. The van der Waals surface area contributed by atoms with E-state index in [0.717, 1.165) is 0 Å². The number of hydrogen-bond acceptors (Lipinski definition) is 3. The van der Waals surface area contributed by atoms with Crippen LogP contribution in [0, 0.1) is 13.8 Å². The SMILES string of the molecule is Cc1nn(C)c(C)c1S(=O)(=O)Cl. The lowest BCUT2D eigenvalue weighted by atomic mass is 10.4. The molecule has 12 heavy (non-hydrogen) atoms. The second-order valence-corrected chi connectivity index (χ2v) is 5.06. The summed E-state index contributed by atoms with van der Waals surface area (Å²) in [5.74, 6) is 0. The molecule has 1 aromatic heterocycles. The molecule has 0 radical (unpaired) electrons. The molecule has 0 fully saturated rings. The van der Waals surface area contributed by atoms with Crippen LogP contribution in [0.1, 0.15) is 11.4 Å². The van der Waals surface area contributed by atoms with Crippen molar-refractivity contribution in [1.82, 2.24) is 9.78 Å². The fraction of sp³-hybridized carbons (Fsp3) is 0.500. The van der Waals surface area contributed by atoms with E-state index in [1.807, 2.05) is 0 Å². The third-order valence-corrected chi connectivity index (χ3v) is 3.23. The topological polar surface area (TPSA) is 52.0 Å². The normalized spacial score (nSPS) is 12.0. The van der Waals surface area contributed by atoms with Crippen molar-refractivity contribution in [3.8, 4) is 0 Å². The lowest BCUT2D eigenvalue weighted by Crippen LogP contribution is -1.96. The van der Waals surface area contributed by atoms with Crippen molar-refractivity contribution in [2.45, 2.75) is 18.7 Å². The first-order valence-electron chi connectivity index (χ1n) is 3.29. The number of nitrogens with zero attached hydrogens (tertiary/aromatic N) is 2. The van der Waals surface area contributed by atoms with Crippen molar-refractivity contribution in [3.63, 3.8) is 0 Å². The quantitative estimate of drug-likeness (QED) is 0.647. The summed E-state index contributed by atoms with van der Waals surface area (Å²) in [4.78, 5) is 0.117. The van der Waals surface area contributed by atoms with Crippen molar-refractivity contribution in [1.29, 1.82) is 0 Å². The Morgan fingerprint density at radius 2 is 1.92 bits per heavy atom. The second-order valence-electron chi connectivity index (χ2n) is 2.56. The maximum Gasteiger partial charge on any atom is 0.264 e. The van der Waals surface area contributed by atoms with Gasteiger partial charge in [0.25, 0.3) is 9.05 Å². The van der Waals surface area contributed by atoms with Gasteiger partial charge in [-0.25, -0.2) is 8.42 Å². The summed E-state index contributed by atoms with van der Waals surface area (Å²) in [5, 5.41) is 3.93. The van der Waals surface area contributed by atoms with Gasteiger partial charge in [0, 0.05) is 17.7 Å². The molecule has 0 saturated heterocycles. The first kappa shape index (κ1) is 9.54. The van der Waals surface area contributed by atoms with E-state index in [1.54, 1.807) is 20.9 Å². The highest BCUT2D eigenvalue weighted by Gasteiger charge is 2.20. The van der Waals surface area contributed by atoms with E-state index in [1.165, 1.54) is 4.68 Å². The summed E-state index contributed by atoms with van der Waals surface area (Å²) in [6, 6.07) is 0. The molecule has 4 nitrogen and oxygen atoms in total. The minimum Gasteiger partial charge on any atom is -0.271 e. The number of aromatic nitrogens is 2. The van der Waals surface area contributed by atoms with Gasteiger partial charge in [-0.2, -0.15) is 5.10 Å². The molecule has 0 aliphatic heterocycles. The van der Waals surface area contributed by atoms with E-state index in [-0.39, 0.29) is 4.90 Å². The third kappa shape index (κ3) is 1.47. The van der Waals surface area contributed by atoms with Crippen molar-refractivity contribution in [2.24, 2.45) is 7.05 Å². The monoisotopic (exact) mass is 208 g/mol. The van der Waals surface area contributed by atoms with Gasteiger partial charge >= 0.3 is 0 Å². The zero-order valence-electron chi connectivity index (χ0n) is 7.00. The van der Waals surface area contributed by atoms with Crippen LogP contribution in [0.25, 0.3) is 0 Å². The molecule has 0 saturated carbocycles. The Hall–Kier alpha value is -0.550. The third-order valence-electron chi connectivity index (χ3n) is 1.69. The van der Waals surface area contributed by atoms with Gasteiger partial charge in [0.1, 0.15) is 4.90 Å². The smallest absolute Gasteiger partial charge is 0.264 e. The molecule has 0 bridgehead atoms. The highest BCUT2D eigenvalue weighted by Crippen LogP contribution is 2.21. The average Bonchev–Trinajstić information content (AvgIpc) is 2.05. The fourth-order valence-corrected chi connectivity index (χ4v) is 2.66. The first-order valence-corrected chi connectivity index (χ1v) is 5.60. The Labute approximate surface area is 75.6 Å². The molecule has 0 aliphatic rings. The Morgan fingerprint density at radius 3 is 2.08 bits per heavy atom.